The van der Waals surface area contributed by atoms with Crippen LogP contribution < -0.4 is 5.32 Å². The van der Waals surface area contributed by atoms with E-state index < -0.39 is 0 Å². The lowest BCUT2D eigenvalue weighted by Crippen LogP contribution is -2.58. The van der Waals surface area contributed by atoms with Crippen LogP contribution in [0.3, 0.4) is 0 Å². The lowest BCUT2D eigenvalue weighted by atomic mass is 9.75. The van der Waals surface area contributed by atoms with Gasteiger partial charge in [-0.05, 0) is 19.4 Å². The molecule has 0 unspecified atom stereocenters. The van der Waals surface area contributed by atoms with E-state index in [0.29, 0.717) is 12.0 Å². The number of hydrogen-bond acceptors (Lipinski definition) is 3. The van der Waals surface area contributed by atoms with E-state index in [1.54, 1.807) is 0 Å². The maximum absolute atomic E-state index is 9.07. The predicted octanol–water partition coefficient (Wildman–Crippen LogP) is 1.69. The second kappa shape index (κ2) is 4.77. The average molecular weight is 196 g/mol. The van der Waals surface area contributed by atoms with Gasteiger partial charge in [0.15, 0.2) is 0 Å². The van der Waals surface area contributed by atoms with Gasteiger partial charge in [0.1, 0.15) is 5.54 Å². The van der Waals surface area contributed by atoms with Crippen LogP contribution in [0.1, 0.15) is 33.6 Å². The van der Waals surface area contributed by atoms with Crippen LogP contribution in [-0.2, 0) is 4.74 Å². The Balaban J connectivity index is 2.31. The Morgan fingerprint density at radius 2 is 2.21 bits per heavy atom. The normalized spacial score (nSPS) is 31.2. The number of ether oxygens (including phenoxy) is 1. The molecule has 0 aromatic rings. The Morgan fingerprint density at radius 3 is 2.64 bits per heavy atom. The van der Waals surface area contributed by atoms with Crippen molar-refractivity contribution in [1.82, 2.24) is 5.32 Å². The molecule has 0 heterocycles. The number of nitriles is 1. The third-order valence-electron chi connectivity index (χ3n) is 2.62. The maximum Gasteiger partial charge on any atom is 0.111 e. The summed E-state index contributed by atoms with van der Waals surface area (Å²) in [6, 6.07) is 2.37. The maximum atomic E-state index is 9.07. The Morgan fingerprint density at radius 1 is 1.57 bits per heavy atom. The molecule has 0 amide bonds. The summed E-state index contributed by atoms with van der Waals surface area (Å²) in [5.74, 6) is 0.589. The molecular weight excluding hydrogens is 176 g/mol. The van der Waals surface area contributed by atoms with E-state index in [1.165, 1.54) is 0 Å². The first-order valence-electron chi connectivity index (χ1n) is 5.40. The molecule has 0 bridgehead atoms. The predicted molar refractivity (Wildman–Crippen MR) is 55.8 cm³/mol. The van der Waals surface area contributed by atoms with Crippen molar-refractivity contribution in [3.63, 3.8) is 0 Å². The van der Waals surface area contributed by atoms with Crippen LogP contribution in [-0.4, -0.2) is 24.8 Å². The van der Waals surface area contributed by atoms with Crippen LogP contribution in [0.5, 0.6) is 0 Å². The van der Waals surface area contributed by atoms with Gasteiger partial charge in [0, 0.05) is 19.4 Å². The molecule has 1 rings (SSSR count). The van der Waals surface area contributed by atoms with Crippen LogP contribution >= 0.6 is 0 Å². The lowest BCUT2D eigenvalue weighted by Gasteiger charge is -2.43. The monoisotopic (exact) mass is 196 g/mol. The highest BCUT2D eigenvalue weighted by atomic mass is 16.5. The fourth-order valence-corrected chi connectivity index (χ4v) is 1.75. The fourth-order valence-electron chi connectivity index (χ4n) is 1.75. The number of hydrogen-bond donors (Lipinski definition) is 1. The lowest BCUT2D eigenvalue weighted by molar-refractivity contribution is -0.0319. The second-order valence-corrected chi connectivity index (χ2v) is 4.45. The smallest absolute Gasteiger partial charge is 0.111 e. The summed E-state index contributed by atoms with van der Waals surface area (Å²) in [6.45, 7) is 7.95. The van der Waals surface area contributed by atoms with Crippen molar-refractivity contribution in [2.75, 3.05) is 13.2 Å². The largest absolute Gasteiger partial charge is 0.378 e. The Bertz CT molecular complexity index is 214. The SMILES string of the molecule is CCOC1CC(C#N)(NCC(C)C)C1. The van der Waals surface area contributed by atoms with E-state index in [4.69, 9.17) is 10.00 Å². The standard InChI is InChI=1S/C11H20N2O/c1-4-14-10-5-11(6-10,8-12)13-7-9(2)3/h9-10,13H,4-7H2,1-3H3. The first-order chi connectivity index (χ1) is 6.62. The molecule has 0 aromatic carbocycles. The molecule has 0 atom stereocenters. The van der Waals surface area contributed by atoms with Gasteiger partial charge in [-0.3, -0.25) is 5.32 Å². The van der Waals surface area contributed by atoms with Crippen LogP contribution in [0, 0.1) is 17.2 Å². The molecule has 14 heavy (non-hydrogen) atoms. The number of rotatable bonds is 5. The van der Waals surface area contributed by atoms with Gasteiger partial charge in [-0.2, -0.15) is 5.26 Å². The van der Waals surface area contributed by atoms with Gasteiger partial charge < -0.3 is 4.74 Å². The molecule has 0 spiro atoms. The quantitative estimate of drug-likeness (QED) is 0.728. The summed E-state index contributed by atoms with van der Waals surface area (Å²) in [4.78, 5) is 0. The third kappa shape index (κ3) is 2.70. The molecule has 0 radical (unpaired) electrons. The zero-order valence-electron chi connectivity index (χ0n) is 9.34. The van der Waals surface area contributed by atoms with Crippen molar-refractivity contribution in [3.8, 4) is 6.07 Å². The first kappa shape index (κ1) is 11.5. The molecular formula is C11H20N2O. The molecule has 0 aliphatic heterocycles. The zero-order valence-corrected chi connectivity index (χ0v) is 9.34. The van der Waals surface area contributed by atoms with Gasteiger partial charge in [-0.1, -0.05) is 13.8 Å². The highest BCUT2D eigenvalue weighted by Crippen LogP contribution is 2.34. The summed E-state index contributed by atoms with van der Waals surface area (Å²) in [7, 11) is 0. The van der Waals surface area contributed by atoms with Gasteiger partial charge in [-0.25, -0.2) is 0 Å². The van der Waals surface area contributed by atoms with Crippen molar-refractivity contribution in [3.05, 3.63) is 0 Å². The summed E-state index contributed by atoms with van der Waals surface area (Å²) in [6.07, 6.45) is 1.97. The van der Waals surface area contributed by atoms with Crippen molar-refractivity contribution < 1.29 is 4.74 Å². The van der Waals surface area contributed by atoms with Gasteiger partial charge in [0.05, 0.1) is 12.2 Å². The average Bonchev–Trinajstić information content (AvgIpc) is 2.08. The van der Waals surface area contributed by atoms with Crippen LogP contribution in [0.4, 0.5) is 0 Å². The third-order valence-corrected chi connectivity index (χ3v) is 2.62. The highest BCUT2D eigenvalue weighted by molar-refractivity contribution is 5.16. The molecule has 0 aromatic heterocycles. The second-order valence-electron chi connectivity index (χ2n) is 4.45. The van der Waals surface area contributed by atoms with Crippen molar-refractivity contribution >= 4 is 0 Å². The summed E-state index contributed by atoms with van der Waals surface area (Å²) in [5, 5.41) is 12.4. The topological polar surface area (TPSA) is 45.0 Å². The molecule has 0 saturated heterocycles. The molecule has 3 nitrogen and oxygen atoms in total. The number of nitrogens with zero attached hydrogens (tertiary/aromatic N) is 1. The van der Waals surface area contributed by atoms with Gasteiger partial charge in [-0.15, -0.1) is 0 Å². The Kier molecular flexibility index (Phi) is 3.91. The zero-order chi connectivity index (χ0) is 10.6. The molecule has 1 aliphatic rings. The minimum atomic E-state index is -0.301. The fraction of sp³-hybridized carbons (Fsp3) is 0.909. The van der Waals surface area contributed by atoms with Crippen molar-refractivity contribution in [2.45, 2.75) is 45.3 Å². The summed E-state index contributed by atoms with van der Waals surface area (Å²) < 4.78 is 5.45. The highest BCUT2D eigenvalue weighted by Gasteiger charge is 2.44. The van der Waals surface area contributed by atoms with E-state index in [9.17, 15) is 0 Å². The van der Waals surface area contributed by atoms with E-state index >= 15 is 0 Å². The first-order valence-corrected chi connectivity index (χ1v) is 5.40. The van der Waals surface area contributed by atoms with Crippen LogP contribution in [0.2, 0.25) is 0 Å². The van der Waals surface area contributed by atoms with E-state index in [0.717, 1.165) is 26.0 Å². The van der Waals surface area contributed by atoms with E-state index in [2.05, 4.69) is 25.2 Å². The van der Waals surface area contributed by atoms with E-state index in [1.807, 2.05) is 6.92 Å². The number of nitrogens with one attached hydrogen (secondary N) is 1. The van der Waals surface area contributed by atoms with Gasteiger partial charge in [0.25, 0.3) is 0 Å². The van der Waals surface area contributed by atoms with E-state index in [-0.39, 0.29) is 5.54 Å². The minimum Gasteiger partial charge on any atom is -0.378 e. The van der Waals surface area contributed by atoms with Crippen LogP contribution in [0.15, 0.2) is 0 Å². The molecule has 1 aliphatic carbocycles. The van der Waals surface area contributed by atoms with Gasteiger partial charge in [0.2, 0.25) is 0 Å². The van der Waals surface area contributed by atoms with Crippen LogP contribution in [0.25, 0.3) is 0 Å². The molecule has 1 fully saturated rings. The molecule has 1 saturated carbocycles. The summed E-state index contributed by atoms with van der Waals surface area (Å²) in [5.41, 5.74) is -0.301. The molecule has 1 N–H and O–H groups in total. The minimum absolute atomic E-state index is 0.291. The summed E-state index contributed by atoms with van der Waals surface area (Å²) >= 11 is 0. The van der Waals surface area contributed by atoms with Crippen molar-refractivity contribution in [1.29, 1.82) is 5.26 Å². The van der Waals surface area contributed by atoms with Gasteiger partial charge >= 0.3 is 0 Å². The Labute approximate surface area is 86.4 Å². The molecule has 80 valence electrons. The molecule has 3 heteroatoms. The van der Waals surface area contributed by atoms with Crippen molar-refractivity contribution in [2.24, 2.45) is 5.92 Å². The Hall–Kier alpha value is -0.590.